The first-order chi connectivity index (χ1) is 10.5. The highest BCUT2D eigenvalue weighted by Crippen LogP contribution is 2.59. The first-order valence-electron chi connectivity index (χ1n) is 7.51. The fourth-order valence-electron chi connectivity index (χ4n) is 3.04. The number of rotatable bonds is 3. The molecule has 2 aliphatic rings. The molecule has 2 fully saturated rings. The van der Waals surface area contributed by atoms with Crippen molar-refractivity contribution in [2.24, 2.45) is 11.3 Å². The maximum absolute atomic E-state index is 11.0. The van der Waals surface area contributed by atoms with Crippen molar-refractivity contribution in [2.75, 3.05) is 0 Å². The van der Waals surface area contributed by atoms with E-state index < -0.39 is 17.0 Å². The van der Waals surface area contributed by atoms with Crippen molar-refractivity contribution in [1.82, 2.24) is 0 Å². The van der Waals surface area contributed by atoms with E-state index in [1.807, 2.05) is 0 Å². The molecular weight excluding hydrogens is 278 g/mol. The maximum atomic E-state index is 11.0. The number of hydrogen-bond donors (Lipinski definition) is 2. The summed E-state index contributed by atoms with van der Waals surface area (Å²) in [7, 11) is 0. The zero-order chi connectivity index (χ0) is 15.8. The van der Waals surface area contributed by atoms with Crippen molar-refractivity contribution in [3.05, 3.63) is 35.4 Å². The van der Waals surface area contributed by atoms with Gasteiger partial charge in [-0.2, -0.15) is 5.26 Å². The third-order valence-corrected chi connectivity index (χ3v) is 4.90. The van der Waals surface area contributed by atoms with Crippen LogP contribution in [0.25, 0.3) is 0 Å². The minimum Gasteiger partial charge on any atom is -0.478 e. The van der Waals surface area contributed by atoms with Crippen LogP contribution < -0.4 is 0 Å². The highest BCUT2D eigenvalue weighted by molar-refractivity contribution is 5.88. The zero-order valence-electron chi connectivity index (χ0n) is 12.2. The molecule has 1 atom stereocenters. The van der Waals surface area contributed by atoms with E-state index in [9.17, 15) is 15.2 Å². The summed E-state index contributed by atoms with van der Waals surface area (Å²) in [4.78, 5) is 11.0. The number of benzene rings is 1. The number of nitriles is 1. The summed E-state index contributed by atoms with van der Waals surface area (Å²) in [6.45, 7) is 0. The smallest absolute Gasteiger partial charge is 0.335 e. The lowest BCUT2D eigenvalue weighted by Gasteiger charge is -2.41. The van der Waals surface area contributed by atoms with Crippen LogP contribution in [-0.2, 0) is 0 Å². The summed E-state index contributed by atoms with van der Waals surface area (Å²) in [6, 6.07) is 8.60. The van der Waals surface area contributed by atoms with E-state index in [1.54, 1.807) is 12.1 Å². The van der Waals surface area contributed by atoms with Crippen molar-refractivity contribution in [2.45, 2.75) is 37.7 Å². The molecule has 0 bridgehead atoms. The van der Waals surface area contributed by atoms with Gasteiger partial charge < -0.3 is 10.2 Å². The van der Waals surface area contributed by atoms with E-state index in [2.05, 4.69) is 17.9 Å². The molecule has 0 saturated heterocycles. The molecule has 112 valence electrons. The van der Waals surface area contributed by atoms with Crippen molar-refractivity contribution in [3.63, 3.8) is 0 Å². The van der Waals surface area contributed by atoms with Gasteiger partial charge in [0.25, 0.3) is 0 Å². The predicted molar refractivity (Wildman–Crippen MR) is 79.9 cm³/mol. The molecule has 1 aromatic rings. The normalized spacial score (nSPS) is 21.5. The molecule has 1 aromatic carbocycles. The van der Waals surface area contributed by atoms with Gasteiger partial charge in [-0.1, -0.05) is 24.3 Å². The Morgan fingerprint density at radius 2 is 2.09 bits per heavy atom. The average molecular weight is 295 g/mol. The Bertz CT molecular complexity index is 714. The van der Waals surface area contributed by atoms with Crippen molar-refractivity contribution in [3.8, 4) is 17.9 Å². The van der Waals surface area contributed by atoms with E-state index in [-0.39, 0.29) is 11.5 Å². The molecular formula is C18H17NO3. The predicted octanol–water partition coefficient (Wildman–Crippen LogP) is 2.57. The molecule has 4 nitrogen and oxygen atoms in total. The van der Waals surface area contributed by atoms with Gasteiger partial charge in [0.05, 0.1) is 17.0 Å². The summed E-state index contributed by atoms with van der Waals surface area (Å²) in [5, 5.41) is 29.5. The monoisotopic (exact) mass is 295 g/mol. The van der Waals surface area contributed by atoms with E-state index in [0.29, 0.717) is 18.4 Å². The van der Waals surface area contributed by atoms with Crippen LogP contribution in [0.4, 0.5) is 0 Å². The number of aromatic carboxylic acids is 1. The fraction of sp³-hybridized carbons (Fsp3) is 0.444. The van der Waals surface area contributed by atoms with Crippen LogP contribution in [0.1, 0.15) is 48.0 Å². The van der Waals surface area contributed by atoms with Crippen LogP contribution in [0.2, 0.25) is 0 Å². The Balaban J connectivity index is 1.94. The third kappa shape index (κ3) is 2.26. The van der Waals surface area contributed by atoms with E-state index in [0.717, 1.165) is 19.3 Å². The molecule has 3 rings (SSSR count). The minimum atomic E-state index is -1.28. The number of carbonyl (C=O) groups is 1. The van der Waals surface area contributed by atoms with Crippen LogP contribution in [0, 0.1) is 34.5 Å². The second-order valence-electron chi connectivity index (χ2n) is 6.22. The van der Waals surface area contributed by atoms with Crippen LogP contribution in [0.15, 0.2) is 24.3 Å². The van der Waals surface area contributed by atoms with Crippen LogP contribution in [0.5, 0.6) is 0 Å². The maximum Gasteiger partial charge on any atom is 0.335 e. The Kier molecular flexibility index (Phi) is 3.43. The highest BCUT2D eigenvalue weighted by atomic mass is 16.4. The molecule has 0 unspecified atom stereocenters. The molecule has 2 N–H and O–H groups in total. The summed E-state index contributed by atoms with van der Waals surface area (Å²) in [6.07, 6.45) is 4.21. The molecule has 0 aliphatic heterocycles. The van der Waals surface area contributed by atoms with E-state index in [4.69, 9.17) is 5.11 Å². The molecule has 4 heteroatoms. The molecule has 2 aliphatic carbocycles. The first kappa shape index (κ1) is 14.6. The first-order valence-corrected chi connectivity index (χ1v) is 7.51. The van der Waals surface area contributed by atoms with Gasteiger partial charge in [0.2, 0.25) is 0 Å². The number of aliphatic hydroxyl groups is 1. The van der Waals surface area contributed by atoms with E-state index in [1.165, 1.54) is 12.1 Å². The lowest BCUT2D eigenvalue weighted by atomic mass is 9.66. The van der Waals surface area contributed by atoms with Crippen molar-refractivity contribution < 1.29 is 15.0 Å². The third-order valence-electron chi connectivity index (χ3n) is 4.90. The minimum absolute atomic E-state index is 0.0461. The zero-order valence-corrected chi connectivity index (χ0v) is 12.2. The number of carboxylic acid groups (broad SMARTS) is 1. The van der Waals surface area contributed by atoms with Crippen LogP contribution in [-0.4, -0.2) is 21.8 Å². The molecule has 0 aromatic heterocycles. The quantitative estimate of drug-likeness (QED) is 0.840. The van der Waals surface area contributed by atoms with Crippen molar-refractivity contribution in [1.29, 1.82) is 5.26 Å². The van der Waals surface area contributed by atoms with Crippen LogP contribution >= 0.6 is 0 Å². The number of carboxylic acids is 1. The Morgan fingerprint density at radius 1 is 1.36 bits per heavy atom. The van der Waals surface area contributed by atoms with E-state index >= 15 is 0 Å². The molecule has 0 radical (unpaired) electrons. The standard InChI is InChI=1S/C18H17NO3/c19-12-17(9-10-17)18(22,15-5-2-6-15)8-7-13-3-1-4-14(11-13)16(20)21/h1,3-4,11,15,22H,2,5-6,9-10H2,(H,20,21)/t18-/m1/s1. The second kappa shape index (κ2) is 5.16. The average Bonchev–Trinajstić information content (AvgIpc) is 3.25. The topological polar surface area (TPSA) is 81.3 Å². The Labute approximate surface area is 129 Å². The van der Waals surface area contributed by atoms with Gasteiger partial charge in [-0.05, 0) is 43.9 Å². The second-order valence-corrected chi connectivity index (χ2v) is 6.22. The van der Waals surface area contributed by atoms with Crippen LogP contribution in [0.3, 0.4) is 0 Å². The number of hydrogen-bond acceptors (Lipinski definition) is 3. The van der Waals surface area contributed by atoms with Gasteiger partial charge in [0.15, 0.2) is 0 Å². The van der Waals surface area contributed by atoms with Gasteiger partial charge in [0.1, 0.15) is 5.60 Å². The summed E-state index contributed by atoms with van der Waals surface area (Å²) in [5.74, 6) is 4.86. The molecule has 22 heavy (non-hydrogen) atoms. The fourth-order valence-corrected chi connectivity index (χ4v) is 3.04. The molecule has 0 heterocycles. The SMILES string of the molecule is N#CC1([C@@](O)(C#Cc2cccc(C(=O)O)c2)C2CCC2)CC1. The lowest BCUT2D eigenvalue weighted by Crippen LogP contribution is -2.48. The molecule has 2 saturated carbocycles. The molecule has 0 spiro atoms. The highest BCUT2D eigenvalue weighted by Gasteiger charge is 2.63. The molecule has 0 amide bonds. The van der Waals surface area contributed by atoms with Gasteiger partial charge in [-0.3, -0.25) is 0 Å². The van der Waals surface area contributed by atoms with Gasteiger partial charge >= 0.3 is 5.97 Å². The Morgan fingerprint density at radius 3 is 2.59 bits per heavy atom. The Hall–Kier alpha value is -2.30. The van der Waals surface area contributed by atoms with Gasteiger partial charge in [-0.15, -0.1) is 0 Å². The summed E-state index contributed by atoms with van der Waals surface area (Å²) < 4.78 is 0. The largest absolute Gasteiger partial charge is 0.478 e. The van der Waals surface area contributed by atoms with Crippen molar-refractivity contribution >= 4 is 5.97 Å². The summed E-state index contributed by atoms with van der Waals surface area (Å²) >= 11 is 0. The lowest BCUT2D eigenvalue weighted by molar-refractivity contribution is -0.0404. The van der Waals surface area contributed by atoms with Gasteiger partial charge in [0, 0.05) is 11.5 Å². The summed E-state index contributed by atoms with van der Waals surface area (Å²) in [5.41, 5.74) is -1.30. The number of nitrogens with zero attached hydrogens (tertiary/aromatic N) is 1. The van der Waals surface area contributed by atoms with Gasteiger partial charge in [-0.25, -0.2) is 4.79 Å².